The number of ether oxygens (including phenoxy) is 2. The van der Waals surface area contributed by atoms with Gasteiger partial charge in [-0.05, 0) is 64.2 Å². The second kappa shape index (κ2) is 9.85. The van der Waals surface area contributed by atoms with E-state index < -0.39 is 5.60 Å². The molecule has 2 aliphatic rings. The molecule has 2 saturated heterocycles. The molecule has 8 heteroatoms. The minimum Gasteiger partial charge on any atom is -0.444 e. The number of nitrogens with one attached hydrogen (secondary N) is 2. The van der Waals surface area contributed by atoms with E-state index in [2.05, 4.69) is 15.6 Å². The van der Waals surface area contributed by atoms with Gasteiger partial charge in [-0.1, -0.05) is 6.07 Å². The van der Waals surface area contributed by atoms with Gasteiger partial charge in [0.15, 0.2) is 5.96 Å². The zero-order valence-corrected chi connectivity index (χ0v) is 19.2. The summed E-state index contributed by atoms with van der Waals surface area (Å²) >= 11 is 0. The highest BCUT2D eigenvalue weighted by molar-refractivity contribution is 5.80. The molecule has 1 aromatic carbocycles. The second-order valence-electron chi connectivity index (χ2n) is 9.37. The predicted molar refractivity (Wildman–Crippen MR) is 118 cm³/mol. The maximum Gasteiger partial charge on any atom is 0.410 e. The first-order valence-electron chi connectivity index (χ1n) is 10.9. The zero-order chi connectivity index (χ0) is 22.6. The third-order valence-corrected chi connectivity index (χ3v) is 5.77. The number of methoxy groups -OCH3 is 1. The molecule has 2 N–H and O–H groups in total. The van der Waals surface area contributed by atoms with Crippen molar-refractivity contribution in [2.24, 2.45) is 4.99 Å². The first kappa shape index (κ1) is 23.3. The van der Waals surface area contributed by atoms with Gasteiger partial charge in [-0.25, -0.2) is 9.18 Å². The minimum atomic E-state index is -0.485. The summed E-state index contributed by atoms with van der Waals surface area (Å²) in [5.74, 6) is 0.438. The molecule has 172 valence electrons. The fourth-order valence-electron chi connectivity index (χ4n) is 4.49. The number of halogens is 1. The number of hydrogen-bond acceptors (Lipinski definition) is 4. The summed E-state index contributed by atoms with van der Waals surface area (Å²) in [6, 6.07) is 5.65. The van der Waals surface area contributed by atoms with Gasteiger partial charge >= 0.3 is 6.09 Å². The number of amides is 1. The second-order valence-corrected chi connectivity index (χ2v) is 9.37. The molecular weight excluding hydrogens is 399 g/mol. The Labute approximate surface area is 184 Å². The van der Waals surface area contributed by atoms with E-state index in [-0.39, 0.29) is 36.6 Å². The fourth-order valence-corrected chi connectivity index (χ4v) is 4.49. The molecule has 0 saturated carbocycles. The largest absolute Gasteiger partial charge is 0.444 e. The number of carbonyl (C=O) groups excluding carboxylic acids is 1. The van der Waals surface area contributed by atoms with Crippen LogP contribution in [0.4, 0.5) is 9.18 Å². The summed E-state index contributed by atoms with van der Waals surface area (Å²) in [7, 11) is 3.29. The van der Waals surface area contributed by atoms with Crippen LogP contribution in [-0.2, 0) is 22.6 Å². The van der Waals surface area contributed by atoms with Crippen molar-refractivity contribution in [2.45, 2.75) is 83.3 Å². The summed E-state index contributed by atoms with van der Waals surface area (Å²) in [6.07, 6.45) is 3.54. The highest BCUT2D eigenvalue weighted by atomic mass is 19.1. The summed E-state index contributed by atoms with van der Waals surface area (Å²) in [4.78, 5) is 18.9. The highest BCUT2D eigenvalue weighted by Crippen LogP contribution is 2.36. The molecular formula is C23H35FN4O3. The third kappa shape index (κ3) is 6.09. The van der Waals surface area contributed by atoms with Crippen LogP contribution in [-0.4, -0.2) is 54.8 Å². The van der Waals surface area contributed by atoms with E-state index in [1.165, 1.54) is 6.07 Å². The summed E-state index contributed by atoms with van der Waals surface area (Å²) < 4.78 is 24.5. The molecule has 2 atom stereocenters. The molecule has 2 heterocycles. The Hall–Kier alpha value is -2.35. The Balaban J connectivity index is 1.54. The van der Waals surface area contributed by atoms with Gasteiger partial charge in [-0.15, -0.1) is 0 Å². The molecule has 1 amide bonds. The molecule has 2 aliphatic heterocycles. The van der Waals surface area contributed by atoms with Crippen LogP contribution in [0.15, 0.2) is 23.2 Å². The van der Waals surface area contributed by atoms with E-state index in [0.717, 1.165) is 31.2 Å². The van der Waals surface area contributed by atoms with Crippen molar-refractivity contribution in [2.75, 3.05) is 14.2 Å². The first-order valence-corrected chi connectivity index (χ1v) is 10.9. The molecule has 0 aliphatic carbocycles. The normalized spacial score (nSPS) is 23.6. The maximum atomic E-state index is 13.8. The molecule has 0 aromatic heterocycles. The number of fused-ring (bicyclic) bond motifs is 2. The smallest absolute Gasteiger partial charge is 0.410 e. The van der Waals surface area contributed by atoms with Gasteiger partial charge in [0.1, 0.15) is 11.4 Å². The van der Waals surface area contributed by atoms with Crippen LogP contribution in [0.5, 0.6) is 0 Å². The Bertz CT molecular complexity index is 795. The number of carbonyl (C=O) groups is 1. The number of guanidine groups is 1. The van der Waals surface area contributed by atoms with Crippen molar-refractivity contribution >= 4 is 12.1 Å². The predicted octanol–water partition coefficient (Wildman–Crippen LogP) is 3.57. The molecule has 2 unspecified atom stereocenters. The van der Waals surface area contributed by atoms with Crippen LogP contribution in [0.25, 0.3) is 0 Å². The Morgan fingerprint density at radius 3 is 2.52 bits per heavy atom. The average molecular weight is 435 g/mol. The standard InChI is InChI=1S/C23H35FN4O3/c1-23(2,3)31-22(29)28-18-7-8-19(28)12-17(11-18)27-21(25-4)26-13-15-6-9-20(24)16(10-15)14-30-5/h6,9-10,17-19H,7-8,11-14H2,1-5H3,(H2,25,26,27). The molecule has 0 spiro atoms. The lowest BCUT2D eigenvalue weighted by atomic mass is 9.98. The summed E-state index contributed by atoms with van der Waals surface area (Å²) in [5.41, 5.74) is 1.01. The van der Waals surface area contributed by atoms with Crippen molar-refractivity contribution in [1.82, 2.24) is 15.5 Å². The van der Waals surface area contributed by atoms with Crippen LogP contribution >= 0.6 is 0 Å². The highest BCUT2D eigenvalue weighted by Gasteiger charge is 2.45. The van der Waals surface area contributed by atoms with Gasteiger partial charge < -0.3 is 25.0 Å². The van der Waals surface area contributed by atoms with Crippen LogP contribution in [0.2, 0.25) is 0 Å². The van der Waals surface area contributed by atoms with E-state index in [1.54, 1.807) is 26.3 Å². The molecule has 2 fully saturated rings. The van der Waals surface area contributed by atoms with E-state index in [1.807, 2.05) is 25.7 Å². The van der Waals surface area contributed by atoms with Crippen molar-refractivity contribution in [3.8, 4) is 0 Å². The van der Waals surface area contributed by atoms with E-state index >= 15 is 0 Å². The van der Waals surface area contributed by atoms with Crippen molar-refractivity contribution in [3.05, 3.63) is 35.1 Å². The maximum absolute atomic E-state index is 13.8. The van der Waals surface area contributed by atoms with Gasteiger partial charge in [-0.2, -0.15) is 0 Å². The minimum absolute atomic E-state index is 0.193. The van der Waals surface area contributed by atoms with Gasteiger partial charge in [-0.3, -0.25) is 4.99 Å². The molecule has 31 heavy (non-hydrogen) atoms. The van der Waals surface area contributed by atoms with Crippen LogP contribution in [0.3, 0.4) is 0 Å². The monoisotopic (exact) mass is 434 g/mol. The van der Waals surface area contributed by atoms with Gasteiger partial charge in [0.2, 0.25) is 0 Å². The lowest BCUT2D eigenvalue weighted by Crippen LogP contribution is -2.54. The lowest BCUT2D eigenvalue weighted by Gasteiger charge is -2.40. The summed E-state index contributed by atoms with van der Waals surface area (Å²) in [6.45, 7) is 6.47. The SMILES string of the molecule is CN=C(NCc1ccc(F)c(COC)c1)NC1CC2CCC(C1)N2C(=O)OC(C)(C)C. The quantitative estimate of drug-likeness (QED) is 0.547. The van der Waals surface area contributed by atoms with Crippen LogP contribution in [0.1, 0.15) is 57.6 Å². The fraction of sp³-hybridized carbons (Fsp3) is 0.652. The molecule has 0 radical (unpaired) electrons. The van der Waals surface area contributed by atoms with Gasteiger partial charge in [0.25, 0.3) is 0 Å². The van der Waals surface area contributed by atoms with E-state index in [0.29, 0.717) is 18.1 Å². The Morgan fingerprint density at radius 1 is 1.26 bits per heavy atom. The topological polar surface area (TPSA) is 75.2 Å². The number of benzene rings is 1. The Kier molecular flexibility index (Phi) is 7.41. The molecule has 1 aromatic rings. The van der Waals surface area contributed by atoms with E-state index in [4.69, 9.17) is 9.47 Å². The number of piperidine rings is 1. The molecule has 2 bridgehead atoms. The van der Waals surface area contributed by atoms with Gasteiger partial charge in [0, 0.05) is 44.4 Å². The van der Waals surface area contributed by atoms with Gasteiger partial charge in [0.05, 0.1) is 6.61 Å². The van der Waals surface area contributed by atoms with Crippen LogP contribution < -0.4 is 10.6 Å². The number of aliphatic imine (C=N–C) groups is 1. The number of rotatable bonds is 5. The number of nitrogens with zero attached hydrogens (tertiary/aromatic N) is 2. The van der Waals surface area contributed by atoms with Crippen molar-refractivity contribution < 1.29 is 18.7 Å². The molecule has 7 nitrogen and oxygen atoms in total. The average Bonchev–Trinajstić information content (AvgIpc) is 2.97. The summed E-state index contributed by atoms with van der Waals surface area (Å²) in [5, 5.41) is 6.80. The zero-order valence-electron chi connectivity index (χ0n) is 19.2. The van der Waals surface area contributed by atoms with E-state index in [9.17, 15) is 9.18 Å². The first-order chi connectivity index (χ1) is 14.7. The third-order valence-electron chi connectivity index (χ3n) is 5.77. The lowest BCUT2D eigenvalue weighted by molar-refractivity contribution is 0.00545. The number of hydrogen-bond donors (Lipinski definition) is 2. The van der Waals surface area contributed by atoms with Crippen molar-refractivity contribution in [3.63, 3.8) is 0 Å². The van der Waals surface area contributed by atoms with Crippen molar-refractivity contribution in [1.29, 1.82) is 0 Å². The van der Waals surface area contributed by atoms with Crippen LogP contribution in [0, 0.1) is 5.82 Å². The Morgan fingerprint density at radius 2 is 1.94 bits per heavy atom. The molecule has 3 rings (SSSR count).